The largest absolute Gasteiger partial charge is 0.494 e. The van der Waals surface area contributed by atoms with Crippen molar-refractivity contribution in [2.75, 3.05) is 25.2 Å². The maximum Gasteiger partial charge on any atom is 0.266 e. The number of methoxy groups -OCH3 is 1. The standard InChI is InChI=1S/C24H22ClN3O4S/c1-14-20(21(27-32-14)16-8-3-4-9-17(16)25)23(29)28(13-15-7-6-12-31-15)24-26-22-18(30-2)10-5-11-19(22)33-24/h3-5,8-11,15H,6-7,12-13H2,1-2H3. The van der Waals surface area contributed by atoms with Crippen molar-refractivity contribution in [1.29, 1.82) is 0 Å². The second-order valence-corrected chi connectivity index (χ2v) is 9.21. The second-order valence-electron chi connectivity index (χ2n) is 7.80. The fourth-order valence-electron chi connectivity index (χ4n) is 4.03. The Morgan fingerprint density at radius 2 is 2.12 bits per heavy atom. The summed E-state index contributed by atoms with van der Waals surface area (Å²) >= 11 is 7.85. The summed E-state index contributed by atoms with van der Waals surface area (Å²) in [4.78, 5) is 20.5. The molecule has 1 saturated heterocycles. The van der Waals surface area contributed by atoms with Crippen molar-refractivity contribution in [2.45, 2.75) is 25.9 Å². The van der Waals surface area contributed by atoms with Gasteiger partial charge < -0.3 is 14.0 Å². The molecule has 1 amide bonds. The molecule has 2 aromatic carbocycles. The Hall–Kier alpha value is -2.94. The first-order valence-corrected chi connectivity index (χ1v) is 11.8. The topological polar surface area (TPSA) is 77.7 Å². The molecule has 0 spiro atoms. The zero-order valence-electron chi connectivity index (χ0n) is 18.2. The number of aryl methyl sites for hydroxylation is 1. The van der Waals surface area contributed by atoms with Crippen LogP contribution in [0.4, 0.5) is 5.13 Å². The predicted octanol–water partition coefficient (Wildman–Crippen LogP) is 5.75. The maximum atomic E-state index is 14.0. The Bertz CT molecular complexity index is 1310. The molecule has 1 fully saturated rings. The fourth-order valence-corrected chi connectivity index (χ4v) is 5.24. The molecule has 0 saturated carbocycles. The lowest BCUT2D eigenvalue weighted by Crippen LogP contribution is -2.37. The van der Waals surface area contributed by atoms with Crippen LogP contribution in [0, 0.1) is 6.92 Å². The number of thiazole rings is 1. The number of para-hydroxylation sites is 1. The van der Waals surface area contributed by atoms with E-state index in [0.717, 1.165) is 23.1 Å². The molecule has 4 aromatic rings. The minimum atomic E-state index is -0.253. The molecule has 9 heteroatoms. The Balaban J connectivity index is 1.61. The third-order valence-electron chi connectivity index (χ3n) is 5.68. The van der Waals surface area contributed by atoms with E-state index in [-0.39, 0.29) is 12.0 Å². The van der Waals surface area contributed by atoms with Gasteiger partial charge in [-0.25, -0.2) is 4.98 Å². The second kappa shape index (κ2) is 9.13. The summed E-state index contributed by atoms with van der Waals surface area (Å²) in [5, 5.41) is 5.24. The molecule has 1 aliphatic heterocycles. The lowest BCUT2D eigenvalue weighted by atomic mass is 10.0. The van der Waals surface area contributed by atoms with Gasteiger partial charge in [0.1, 0.15) is 28.3 Å². The van der Waals surface area contributed by atoms with E-state index in [1.54, 1.807) is 25.0 Å². The summed E-state index contributed by atoms with van der Waals surface area (Å²) in [6.45, 7) is 2.80. The van der Waals surface area contributed by atoms with Crippen molar-refractivity contribution >= 4 is 44.2 Å². The van der Waals surface area contributed by atoms with E-state index in [4.69, 9.17) is 30.6 Å². The molecule has 7 nitrogen and oxygen atoms in total. The SMILES string of the molecule is COc1cccc2sc(N(CC3CCCO3)C(=O)c3c(-c4ccccc4Cl)noc3C)nc12. The highest BCUT2D eigenvalue weighted by molar-refractivity contribution is 7.22. The lowest BCUT2D eigenvalue weighted by molar-refractivity contribution is 0.0916. The molecule has 3 heterocycles. The van der Waals surface area contributed by atoms with E-state index in [0.29, 0.717) is 51.6 Å². The molecule has 0 aliphatic carbocycles. The maximum absolute atomic E-state index is 14.0. The molecule has 0 radical (unpaired) electrons. The summed E-state index contributed by atoms with van der Waals surface area (Å²) in [5.74, 6) is 0.834. The average molecular weight is 484 g/mol. The van der Waals surface area contributed by atoms with Gasteiger partial charge in [0.15, 0.2) is 5.13 Å². The van der Waals surface area contributed by atoms with Crippen LogP contribution >= 0.6 is 22.9 Å². The highest BCUT2D eigenvalue weighted by atomic mass is 35.5. The number of ether oxygens (including phenoxy) is 2. The number of hydrogen-bond donors (Lipinski definition) is 0. The van der Waals surface area contributed by atoms with Gasteiger partial charge in [0.05, 0.1) is 29.5 Å². The van der Waals surface area contributed by atoms with Crippen LogP contribution in [0.1, 0.15) is 29.0 Å². The van der Waals surface area contributed by atoms with E-state index >= 15 is 0 Å². The van der Waals surface area contributed by atoms with E-state index in [1.807, 2.05) is 36.4 Å². The van der Waals surface area contributed by atoms with Crippen molar-refractivity contribution in [3.05, 3.63) is 58.8 Å². The lowest BCUT2D eigenvalue weighted by Gasteiger charge is -2.23. The quantitative estimate of drug-likeness (QED) is 0.347. The number of nitrogens with zero attached hydrogens (tertiary/aromatic N) is 3. The number of carbonyl (C=O) groups excluding carboxylic acids is 1. The van der Waals surface area contributed by atoms with Crippen molar-refractivity contribution in [2.24, 2.45) is 0 Å². The van der Waals surface area contributed by atoms with Crippen LogP contribution in [-0.2, 0) is 4.74 Å². The van der Waals surface area contributed by atoms with Gasteiger partial charge >= 0.3 is 0 Å². The Morgan fingerprint density at radius 1 is 1.27 bits per heavy atom. The molecular weight excluding hydrogens is 462 g/mol. The number of rotatable bonds is 6. The van der Waals surface area contributed by atoms with Crippen LogP contribution in [0.2, 0.25) is 5.02 Å². The van der Waals surface area contributed by atoms with Crippen LogP contribution < -0.4 is 9.64 Å². The summed E-state index contributed by atoms with van der Waals surface area (Å²) in [6, 6.07) is 13.0. The highest BCUT2D eigenvalue weighted by Gasteiger charge is 2.32. The number of aromatic nitrogens is 2. The first-order valence-electron chi connectivity index (χ1n) is 10.6. The Kier molecular flexibility index (Phi) is 6.05. The van der Waals surface area contributed by atoms with Gasteiger partial charge in [-0.1, -0.05) is 52.4 Å². The molecular formula is C24H22ClN3O4S. The van der Waals surface area contributed by atoms with Gasteiger partial charge in [-0.3, -0.25) is 9.69 Å². The fraction of sp³-hybridized carbons (Fsp3) is 0.292. The number of amides is 1. The number of benzene rings is 2. The zero-order chi connectivity index (χ0) is 22.9. The number of halogens is 1. The molecule has 1 atom stereocenters. The molecule has 2 aromatic heterocycles. The molecule has 170 valence electrons. The third kappa shape index (κ3) is 4.10. The predicted molar refractivity (Wildman–Crippen MR) is 129 cm³/mol. The van der Waals surface area contributed by atoms with Crippen LogP contribution in [-0.4, -0.2) is 42.4 Å². The smallest absolute Gasteiger partial charge is 0.266 e. The number of fused-ring (bicyclic) bond motifs is 1. The van der Waals surface area contributed by atoms with Gasteiger partial charge in [0, 0.05) is 12.2 Å². The van der Waals surface area contributed by atoms with Gasteiger partial charge in [-0.2, -0.15) is 0 Å². The average Bonchev–Trinajstić information content (AvgIpc) is 3.56. The van der Waals surface area contributed by atoms with Crippen LogP contribution in [0.25, 0.3) is 21.5 Å². The van der Waals surface area contributed by atoms with E-state index < -0.39 is 0 Å². The van der Waals surface area contributed by atoms with Gasteiger partial charge in [0.2, 0.25) is 0 Å². The minimum absolute atomic E-state index is 0.0632. The molecule has 5 rings (SSSR count). The van der Waals surface area contributed by atoms with Crippen molar-refractivity contribution in [1.82, 2.24) is 10.1 Å². The Labute approximate surface area is 199 Å². The minimum Gasteiger partial charge on any atom is -0.494 e. The highest BCUT2D eigenvalue weighted by Crippen LogP contribution is 2.37. The molecule has 1 unspecified atom stereocenters. The molecule has 0 N–H and O–H groups in total. The third-order valence-corrected chi connectivity index (χ3v) is 7.06. The van der Waals surface area contributed by atoms with Crippen LogP contribution in [0.15, 0.2) is 47.0 Å². The first kappa shape index (κ1) is 21.9. The first-order chi connectivity index (χ1) is 16.1. The summed E-state index contributed by atoms with van der Waals surface area (Å²) in [6.07, 6.45) is 1.79. The van der Waals surface area contributed by atoms with E-state index in [1.165, 1.54) is 11.3 Å². The number of anilines is 1. The number of hydrogen-bond acceptors (Lipinski definition) is 7. The monoisotopic (exact) mass is 483 g/mol. The van der Waals surface area contributed by atoms with Crippen molar-refractivity contribution in [3.63, 3.8) is 0 Å². The number of carbonyl (C=O) groups is 1. The van der Waals surface area contributed by atoms with Gasteiger partial charge in [-0.05, 0) is 38.0 Å². The van der Waals surface area contributed by atoms with Gasteiger partial charge in [0.25, 0.3) is 5.91 Å². The van der Waals surface area contributed by atoms with Gasteiger partial charge in [-0.15, -0.1) is 0 Å². The van der Waals surface area contributed by atoms with E-state index in [9.17, 15) is 4.79 Å². The Morgan fingerprint density at radius 3 is 2.88 bits per heavy atom. The summed E-state index contributed by atoms with van der Waals surface area (Å²) in [5.41, 5.74) is 2.15. The molecule has 1 aliphatic rings. The summed E-state index contributed by atoms with van der Waals surface area (Å²) < 4.78 is 17.7. The van der Waals surface area contributed by atoms with Crippen molar-refractivity contribution < 1.29 is 18.8 Å². The molecule has 33 heavy (non-hydrogen) atoms. The van der Waals surface area contributed by atoms with E-state index in [2.05, 4.69) is 5.16 Å². The van der Waals surface area contributed by atoms with Crippen LogP contribution in [0.5, 0.6) is 5.75 Å². The normalized spacial score (nSPS) is 15.8. The van der Waals surface area contributed by atoms with Crippen LogP contribution in [0.3, 0.4) is 0 Å². The summed E-state index contributed by atoms with van der Waals surface area (Å²) in [7, 11) is 1.61. The molecule has 0 bridgehead atoms. The van der Waals surface area contributed by atoms with Crippen molar-refractivity contribution in [3.8, 4) is 17.0 Å². The zero-order valence-corrected chi connectivity index (χ0v) is 19.8.